The van der Waals surface area contributed by atoms with Crippen LogP contribution in [0, 0.1) is 0 Å². The molecular weight excluding hydrogens is 204 g/mol. The van der Waals surface area contributed by atoms with Crippen LogP contribution in [0.3, 0.4) is 0 Å². The van der Waals surface area contributed by atoms with Gasteiger partial charge >= 0.3 is 0 Å². The Kier molecular flexibility index (Phi) is 19.4. The molecule has 10 N–H and O–H groups in total. The number of rotatable bonds is 1. The van der Waals surface area contributed by atoms with E-state index in [0.29, 0.717) is 6.54 Å². The molecule has 0 aliphatic heterocycles. The fourth-order valence-corrected chi connectivity index (χ4v) is 0.464. The summed E-state index contributed by atoms with van der Waals surface area (Å²) in [5.41, 5.74) is 4.78. The summed E-state index contributed by atoms with van der Waals surface area (Å²) in [5, 5.41) is 31.6. The van der Waals surface area contributed by atoms with Crippen molar-refractivity contribution in [3.63, 3.8) is 0 Å². The second-order valence-electron chi connectivity index (χ2n) is 2.00. The first-order chi connectivity index (χ1) is 6.72. The normalized spacial score (nSPS) is 7.20. The molecule has 0 atom stereocenters. The van der Waals surface area contributed by atoms with Gasteiger partial charge in [0.2, 0.25) is 0 Å². The molecular formula is C8H18N2O5. The molecule has 90 valence electrons. The number of hydrogen-bond donors (Lipinski definition) is 6. The molecule has 0 unspecified atom stereocenters. The average Bonchev–Trinajstić information content (AvgIpc) is 2.26. The first-order valence-electron chi connectivity index (χ1n) is 3.76. The molecule has 7 heteroatoms. The lowest BCUT2D eigenvalue weighted by molar-refractivity contribution is 0.306. The Labute approximate surface area is 87.5 Å². The standard InChI is InChI=1S/C6H6O2.C2H7NO.H3NO.H2O/c7-5-3-1-2-4-6(5)8;3-1-2-4;1-2;/h1-4,7-8H;4H,1-3H2;2H,1H2;1H2. The first kappa shape index (κ1) is 19.2. The first-order valence-corrected chi connectivity index (χ1v) is 3.76. The second kappa shape index (κ2) is 15.1. The van der Waals surface area contributed by atoms with Gasteiger partial charge in [0.1, 0.15) is 0 Å². The predicted molar refractivity (Wildman–Crippen MR) is 55.5 cm³/mol. The lowest BCUT2D eigenvalue weighted by Crippen LogP contribution is -2.02. The molecule has 0 aromatic heterocycles. The summed E-state index contributed by atoms with van der Waals surface area (Å²) in [7, 11) is 0. The Morgan fingerprint density at radius 2 is 1.27 bits per heavy atom. The van der Waals surface area contributed by atoms with Crippen LogP contribution in [0.1, 0.15) is 0 Å². The summed E-state index contributed by atoms with van der Waals surface area (Å²) in [4.78, 5) is 0. The van der Waals surface area contributed by atoms with E-state index in [0.717, 1.165) is 0 Å². The van der Waals surface area contributed by atoms with E-state index < -0.39 is 0 Å². The maximum Gasteiger partial charge on any atom is 0.157 e. The van der Waals surface area contributed by atoms with E-state index in [-0.39, 0.29) is 23.6 Å². The molecule has 15 heavy (non-hydrogen) atoms. The van der Waals surface area contributed by atoms with Crippen molar-refractivity contribution in [2.24, 2.45) is 11.6 Å². The summed E-state index contributed by atoms with van der Waals surface area (Å²) in [6.45, 7) is 0.472. The van der Waals surface area contributed by atoms with Crippen LogP contribution in [-0.2, 0) is 0 Å². The minimum absolute atomic E-state index is 0. The third kappa shape index (κ3) is 12.6. The smallest absolute Gasteiger partial charge is 0.157 e. The monoisotopic (exact) mass is 222 g/mol. The van der Waals surface area contributed by atoms with Crippen LogP contribution in [0.5, 0.6) is 11.5 Å². The zero-order valence-corrected chi connectivity index (χ0v) is 8.17. The van der Waals surface area contributed by atoms with Crippen LogP contribution in [0.2, 0.25) is 0 Å². The van der Waals surface area contributed by atoms with Crippen molar-refractivity contribution in [3.8, 4) is 11.5 Å². The minimum Gasteiger partial charge on any atom is -0.504 e. The topological polar surface area (TPSA) is 164 Å². The molecule has 0 spiro atoms. The number of aromatic hydroxyl groups is 2. The van der Waals surface area contributed by atoms with Gasteiger partial charge in [-0.3, -0.25) is 0 Å². The van der Waals surface area contributed by atoms with Gasteiger partial charge in [0, 0.05) is 6.54 Å². The Bertz CT molecular complexity index is 199. The molecule has 0 saturated heterocycles. The number of aliphatic hydroxyl groups is 1. The zero-order chi connectivity index (χ0) is 11.4. The van der Waals surface area contributed by atoms with E-state index >= 15 is 0 Å². The van der Waals surface area contributed by atoms with Crippen LogP contribution in [0.15, 0.2) is 24.3 Å². The van der Waals surface area contributed by atoms with Gasteiger partial charge in [0.05, 0.1) is 6.61 Å². The van der Waals surface area contributed by atoms with Crippen LogP contribution in [-0.4, -0.2) is 39.2 Å². The lowest BCUT2D eigenvalue weighted by Gasteiger charge is -1.91. The molecule has 7 nitrogen and oxygen atoms in total. The van der Waals surface area contributed by atoms with Crippen LogP contribution < -0.4 is 11.6 Å². The van der Waals surface area contributed by atoms with Gasteiger partial charge in [-0.1, -0.05) is 12.1 Å². The molecule has 1 rings (SSSR count). The highest BCUT2D eigenvalue weighted by molar-refractivity contribution is 5.36. The van der Waals surface area contributed by atoms with Crippen molar-refractivity contribution in [2.45, 2.75) is 0 Å². The van der Waals surface area contributed by atoms with Crippen LogP contribution >= 0.6 is 0 Å². The van der Waals surface area contributed by atoms with Gasteiger partial charge in [-0.15, -0.1) is 0 Å². The highest BCUT2D eigenvalue weighted by Crippen LogP contribution is 2.21. The molecule has 0 bridgehead atoms. The molecule has 1 aromatic rings. The molecule has 0 heterocycles. The van der Waals surface area contributed by atoms with E-state index in [1.165, 1.54) is 12.1 Å². The maximum absolute atomic E-state index is 8.67. The van der Waals surface area contributed by atoms with Crippen molar-refractivity contribution in [2.75, 3.05) is 13.2 Å². The van der Waals surface area contributed by atoms with E-state index in [1.807, 2.05) is 0 Å². The average molecular weight is 222 g/mol. The van der Waals surface area contributed by atoms with Gasteiger partial charge in [-0.05, 0) is 12.1 Å². The quantitative estimate of drug-likeness (QED) is 0.251. The van der Waals surface area contributed by atoms with Gasteiger partial charge < -0.3 is 31.7 Å². The fourth-order valence-electron chi connectivity index (χ4n) is 0.464. The van der Waals surface area contributed by atoms with E-state index in [1.54, 1.807) is 12.1 Å². The molecule has 0 aliphatic rings. The van der Waals surface area contributed by atoms with Crippen molar-refractivity contribution in [1.82, 2.24) is 0 Å². The second-order valence-corrected chi connectivity index (χ2v) is 2.00. The third-order valence-corrected chi connectivity index (χ3v) is 1.01. The molecule has 1 aromatic carbocycles. The molecule has 0 amide bonds. The van der Waals surface area contributed by atoms with Gasteiger partial charge in [0.25, 0.3) is 0 Å². The SMILES string of the molecule is NCCO.NO.O.Oc1ccccc1O. The van der Waals surface area contributed by atoms with E-state index in [4.69, 9.17) is 26.3 Å². The van der Waals surface area contributed by atoms with Gasteiger partial charge in [-0.2, -0.15) is 0 Å². The summed E-state index contributed by atoms with van der Waals surface area (Å²) < 4.78 is 0. The summed E-state index contributed by atoms with van der Waals surface area (Å²) >= 11 is 0. The molecule has 0 saturated carbocycles. The highest BCUT2D eigenvalue weighted by Gasteiger charge is 1.90. The van der Waals surface area contributed by atoms with E-state index in [2.05, 4.69) is 5.90 Å². The highest BCUT2D eigenvalue weighted by atomic mass is 16.4. The maximum atomic E-state index is 8.67. The van der Waals surface area contributed by atoms with Crippen molar-refractivity contribution in [3.05, 3.63) is 24.3 Å². The van der Waals surface area contributed by atoms with Crippen molar-refractivity contribution >= 4 is 0 Å². The molecule has 0 aliphatic carbocycles. The minimum atomic E-state index is -0.0764. The molecule has 0 radical (unpaired) electrons. The fraction of sp³-hybridized carbons (Fsp3) is 0.250. The number of para-hydroxylation sites is 2. The van der Waals surface area contributed by atoms with E-state index in [9.17, 15) is 0 Å². The summed E-state index contributed by atoms with van der Waals surface area (Å²) in [6, 6.07) is 6.15. The van der Waals surface area contributed by atoms with Crippen molar-refractivity contribution in [1.29, 1.82) is 0 Å². The zero-order valence-electron chi connectivity index (χ0n) is 8.17. The number of aliphatic hydroxyl groups excluding tert-OH is 1. The Morgan fingerprint density at radius 1 is 1.00 bits per heavy atom. The number of phenols is 2. The molecule has 0 fully saturated rings. The number of phenolic OH excluding ortho intramolecular Hbond substituents is 2. The Balaban J connectivity index is -0.000000179. The van der Waals surface area contributed by atoms with Crippen LogP contribution in [0.25, 0.3) is 0 Å². The third-order valence-electron chi connectivity index (χ3n) is 1.01. The number of benzene rings is 1. The summed E-state index contributed by atoms with van der Waals surface area (Å²) in [6.07, 6.45) is 0. The predicted octanol–water partition coefficient (Wildman–Crippen LogP) is -1.46. The number of hydrogen-bond acceptors (Lipinski definition) is 6. The van der Waals surface area contributed by atoms with Gasteiger partial charge in [-0.25, -0.2) is 5.90 Å². The largest absolute Gasteiger partial charge is 0.504 e. The van der Waals surface area contributed by atoms with Crippen molar-refractivity contribution < 1.29 is 26.0 Å². The Hall–Kier alpha value is -1.38. The lowest BCUT2D eigenvalue weighted by atomic mass is 10.3. The van der Waals surface area contributed by atoms with Crippen LogP contribution in [0.4, 0.5) is 0 Å². The Morgan fingerprint density at radius 3 is 1.40 bits per heavy atom. The number of nitrogens with two attached hydrogens (primary N) is 2. The van der Waals surface area contributed by atoms with Gasteiger partial charge in [0.15, 0.2) is 11.5 Å². The summed E-state index contributed by atoms with van der Waals surface area (Å²) in [5.74, 6) is 3.35.